The van der Waals surface area contributed by atoms with E-state index in [-0.39, 0.29) is 18.0 Å². The number of ether oxygens (including phenoxy) is 2. The minimum atomic E-state index is -0.458. The average Bonchev–Trinajstić information content (AvgIpc) is 3.40. The number of nitrogens with zero attached hydrogens (tertiary/aromatic N) is 3. The summed E-state index contributed by atoms with van der Waals surface area (Å²) in [4.78, 5) is 33.2. The van der Waals surface area contributed by atoms with Gasteiger partial charge in [0.25, 0.3) is 5.91 Å². The van der Waals surface area contributed by atoms with Crippen LogP contribution in [0.4, 0.5) is 0 Å². The van der Waals surface area contributed by atoms with Crippen molar-refractivity contribution in [2.75, 3.05) is 27.3 Å². The Kier molecular flexibility index (Phi) is 5.71. The highest BCUT2D eigenvalue weighted by atomic mass is 16.5. The van der Waals surface area contributed by atoms with E-state index in [0.717, 1.165) is 18.7 Å². The van der Waals surface area contributed by atoms with Crippen molar-refractivity contribution < 1.29 is 19.1 Å². The highest BCUT2D eigenvalue weighted by molar-refractivity contribution is 5.94. The summed E-state index contributed by atoms with van der Waals surface area (Å²) in [5.74, 6) is 0.381. The number of piperazine rings is 1. The number of hydrogen-bond donors (Lipinski definition) is 0. The zero-order valence-electron chi connectivity index (χ0n) is 18.7. The summed E-state index contributed by atoms with van der Waals surface area (Å²) in [6, 6.07) is 8.18. The van der Waals surface area contributed by atoms with Gasteiger partial charge in [0.05, 0.1) is 19.8 Å². The summed E-state index contributed by atoms with van der Waals surface area (Å²) >= 11 is 0. The second kappa shape index (κ2) is 8.30. The molecule has 2 aliphatic rings. The Morgan fingerprint density at radius 3 is 2.42 bits per heavy atom. The van der Waals surface area contributed by atoms with E-state index in [1.807, 2.05) is 11.0 Å². The van der Waals surface area contributed by atoms with Crippen LogP contribution in [0.1, 0.15) is 56.9 Å². The molecular formula is C24H29N3O4. The first-order valence-electron chi connectivity index (χ1n) is 10.6. The standard InChI is InChI=1S/C24H29N3O4/c1-14-15(2)22(30-4)9-7-20(14)16(3)26-12-19-10-18(26)13-27(19)23(28)21-8-6-17(11-25-21)24(29)31-5/h6-9,11,16,18-19H,10,12-13H2,1-5H3/t16-,18-,19-/m0/s1. The Bertz CT molecular complexity index is 1000. The van der Waals surface area contributed by atoms with Crippen molar-refractivity contribution in [1.29, 1.82) is 0 Å². The summed E-state index contributed by atoms with van der Waals surface area (Å²) in [7, 11) is 3.03. The average molecular weight is 424 g/mol. The predicted molar refractivity (Wildman–Crippen MR) is 116 cm³/mol. The fourth-order valence-corrected chi connectivity index (χ4v) is 5.00. The Balaban J connectivity index is 1.46. The van der Waals surface area contributed by atoms with Gasteiger partial charge in [0, 0.05) is 37.4 Å². The number of carbonyl (C=O) groups excluding carboxylic acids is 2. The van der Waals surface area contributed by atoms with Crippen LogP contribution in [0.5, 0.6) is 5.75 Å². The maximum absolute atomic E-state index is 13.0. The van der Waals surface area contributed by atoms with Crippen molar-refractivity contribution >= 4 is 11.9 Å². The molecule has 2 fully saturated rings. The van der Waals surface area contributed by atoms with E-state index in [9.17, 15) is 9.59 Å². The van der Waals surface area contributed by atoms with Crippen LogP contribution in [-0.2, 0) is 4.74 Å². The lowest BCUT2D eigenvalue weighted by Crippen LogP contribution is -2.49. The number of amides is 1. The zero-order valence-corrected chi connectivity index (χ0v) is 18.7. The number of likely N-dealkylation sites (tertiary alicyclic amines) is 2. The first-order valence-corrected chi connectivity index (χ1v) is 10.6. The number of aromatic nitrogens is 1. The second-order valence-corrected chi connectivity index (χ2v) is 8.40. The van der Waals surface area contributed by atoms with E-state index in [1.54, 1.807) is 19.2 Å². The van der Waals surface area contributed by atoms with E-state index >= 15 is 0 Å². The summed E-state index contributed by atoms with van der Waals surface area (Å²) in [6.45, 7) is 8.04. The molecule has 31 heavy (non-hydrogen) atoms. The van der Waals surface area contributed by atoms with Crippen molar-refractivity contribution in [2.24, 2.45) is 0 Å². The molecule has 2 aliphatic heterocycles. The van der Waals surface area contributed by atoms with Crippen LogP contribution in [0.15, 0.2) is 30.5 Å². The Labute approximate surface area is 183 Å². The molecule has 1 amide bonds. The van der Waals surface area contributed by atoms with Crippen LogP contribution < -0.4 is 4.74 Å². The number of carbonyl (C=O) groups is 2. The van der Waals surface area contributed by atoms with Crippen LogP contribution in [0.3, 0.4) is 0 Å². The SMILES string of the molecule is COC(=O)c1ccc(C(=O)N2C[C@@H]3C[C@H]2CN3[C@@H](C)c2ccc(OC)c(C)c2C)nc1. The maximum atomic E-state index is 13.0. The normalized spacial score (nSPS) is 21.3. The van der Waals surface area contributed by atoms with Crippen molar-refractivity contribution in [1.82, 2.24) is 14.8 Å². The van der Waals surface area contributed by atoms with Gasteiger partial charge in [-0.3, -0.25) is 14.7 Å². The molecule has 3 heterocycles. The summed E-state index contributed by atoms with van der Waals surface area (Å²) in [5.41, 5.74) is 4.45. The van der Waals surface area contributed by atoms with Gasteiger partial charge >= 0.3 is 5.97 Å². The van der Waals surface area contributed by atoms with Crippen LogP contribution in [0, 0.1) is 13.8 Å². The van der Waals surface area contributed by atoms with E-state index < -0.39 is 5.97 Å². The van der Waals surface area contributed by atoms with Crippen LogP contribution in [0.2, 0.25) is 0 Å². The fourth-order valence-electron chi connectivity index (χ4n) is 5.00. The summed E-state index contributed by atoms with van der Waals surface area (Å²) in [5, 5.41) is 0. The van der Waals surface area contributed by atoms with Gasteiger partial charge in [-0.25, -0.2) is 4.79 Å². The van der Waals surface area contributed by atoms with Gasteiger partial charge in [0.15, 0.2) is 0 Å². The predicted octanol–water partition coefficient (Wildman–Crippen LogP) is 3.15. The molecular weight excluding hydrogens is 394 g/mol. The highest BCUT2D eigenvalue weighted by Crippen LogP contribution is 2.39. The Morgan fingerprint density at radius 2 is 1.84 bits per heavy atom. The monoisotopic (exact) mass is 423 g/mol. The molecule has 3 atom stereocenters. The third-order valence-corrected chi connectivity index (χ3v) is 6.89. The molecule has 2 aromatic rings. The first-order chi connectivity index (χ1) is 14.8. The van der Waals surface area contributed by atoms with Gasteiger partial charge in [-0.2, -0.15) is 0 Å². The Hall–Kier alpha value is -2.93. The minimum absolute atomic E-state index is 0.0762. The maximum Gasteiger partial charge on any atom is 0.339 e. The third-order valence-electron chi connectivity index (χ3n) is 6.89. The smallest absolute Gasteiger partial charge is 0.339 e. The van der Waals surface area contributed by atoms with Crippen LogP contribution in [0.25, 0.3) is 0 Å². The number of methoxy groups -OCH3 is 2. The second-order valence-electron chi connectivity index (χ2n) is 8.40. The molecule has 7 heteroatoms. The van der Waals surface area contributed by atoms with E-state index in [2.05, 4.69) is 41.5 Å². The first kappa shape index (κ1) is 21.3. The molecule has 0 aliphatic carbocycles. The third kappa shape index (κ3) is 3.67. The van der Waals surface area contributed by atoms with E-state index in [4.69, 9.17) is 4.74 Å². The van der Waals surface area contributed by atoms with Crippen LogP contribution in [-0.4, -0.2) is 66.1 Å². The van der Waals surface area contributed by atoms with Crippen LogP contribution >= 0.6 is 0 Å². The molecule has 2 saturated heterocycles. The topological polar surface area (TPSA) is 72.0 Å². The molecule has 7 nitrogen and oxygen atoms in total. The molecule has 0 unspecified atom stereocenters. The van der Waals surface area contributed by atoms with Gasteiger partial charge in [0.1, 0.15) is 11.4 Å². The quantitative estimate of drug-likeness (QED) is 0.688. The largest absolute Gasteiger partial charge is 0.496 e. The van der Waals surface area contributed by atoms with Crippen molar-refractivity contribution in [3.05, 3.63) is 58.4 Å². The zero-order chi connectivity index (χ0) is 22.3. The number of esters is 1. The lowest BCUT2D eigenvalue weighted by atomic mass is 9.96. The number of benzene rings is 1. The van der Waals surface area contributed by atoms with Gasteiger partial charge in [0.2, 0.25) is 0 Å². The molecule has 0 spiro atoms. The molecule has 1 aromatic carbocycles. The summed E-state index contributed by atoms with van der Waals surface area (Å²) in [6.07, 6.45) is 2.38. The van der Waals surface area contributed by atoms with Crippen molar-refractivity contribution in [3.8, 4) is 5.75 Å². The molecule has 164 valence electrons. The minimum Gasteiger partial charge on any atom is -0.496 e. The molecule has 0 saturated carbocycles. The lowest BCUT2D eigenvalue weighted by molar-refractivity contribution is 0.0559. The number of rotatable bonds is 5. The highest BCUT2D eigenvalue weighted by Gasteiger charge is 2.47. The molecule has 2 bridgehead atoms. The van der Waals surface area contributed by atoms with Gasteiger partial charge in [-0.15, -0.1) is 0 Å². The lowest BCUT2D eigenvalue weighted by Gasteiger charge is -2.38. The molecule has 4 rings (SSSR count). The van der Waals surface area contributed by atoms with E-state index in [1.165, 1.54) is 30.0 Å². The van der Waals surface area contributed by atoms with E-state index in [0.29, 0.717) is 23.8 Å². The number of pyridine rings is 1. The number of hydrogen-bond acceptors (Lipinski definition) is 6. The Morgan fingerprint density at radius 1 is 1.06 bits per heavy atom. The van der Waals surface area contributed by atoms with Gasteiger partial charge < -0.3 is 14.4 Å². The van der Waals surface area contributed by atoms with Crippen molar-refractivity contribution in [3.63, 3.8) is 0 Å². The summed E-state index contributed by atoms with van der Waals surface area (Å²) < 4.78 is 10.1. The van der Waals surface area contributed by atoms with Gasteiger partial charge in [-0.1, -0.05) is 6.07 Å². The molecule has 1 aromatic heterocycles. The fraction of sp³-hybridized carbons (Fsp3) is 0.458. The number of fused-ring (bicyclic) bond motifs is 2. The van der Waals surface area contributed by atoms with Crippen molar-refractivity contribution in [2.45, 2.75) is 45.3 Å². The molecule has 0 N–H and O–H groups in total. The molecule has 0 radical (unpaired) electrons. The van der Waals surface area contributed by atoms with Gasteiger partial charge in [-0.05, 0) is 62.1 Å².